The molecule has 6 heteroatoms. The Morgan fingerprint density at radius 3 is 2.81 bits per heavy atom. The number of rotatable bonds is 3. The third-order valence-electron chi connectivity index (χ3n) is 5.67. The van der Waals surface area contributed by atoms with Crippen molar-refractivity contribution in [3.63, 3.8) is 0 Å². The van der Waals surface area contributed by atoms with Crippen LogP contribution >= 0.6 is 11.3 Å². The molecule has 0 unspecified atom stereocenters. The van der Waals surface area contributed by atoms with Crippen LogP contribution in [0.2, 0.25) is 0 Å². The predicted molar refractivity (Wildman–Crippen MR) is 102 cm³/mol. The average molecular weight is 372 g/mol. The fourth-order valence-corrected chi connectivity index (χ4v) is 5.30. The van der Waals surface area contributed by atoms with Crippen LogP contribution in [0.3, 0.4) is 0 Å². The van der Waals surface area contributed by atoms with Gasteiger partial charge in [-0.25, -0.2) is 0 Å². The van der Waals surface area contributed by atoms with E-state index >= 15 is 0 Å². The number of hydrogen-bond acceptors (Lipinski definition) is 4. The quantitative estimate of drug-likeness (QED) is 0.859. The maximum atomic E-state index is 13.0. The molecule has 5 nitrogen and oxygen atoms in total. The first-order valence-corrected chi connectivity index (χ1v) is 10.2. The van der Waals surface area contributed by atoms with E-state index in [9.17, 15) is 9.59 Å². The minimum Gasteiger partial charge on any atom is -0.459 e. The van der Waals surface area contributed by atoms with E-state index in [1.54, 1.807) is 12.1 Å². The van der Waals surface area contributed by atoms with Crippen molar-refractivity contribution < 1.29 is 14.0 Å². The Morgan fingerprint density at radius 2 is 2.04 bits per heavy atom. The van der Waals surface area contributed by atoms with E-state index < -0.39 is 0 Å². The zero-order valence-electron chi connectivity index (χ0n) is 15.0. The van der Waals surface area contributed by atoms with Crippen molar-refractivity contribution in [3.8, 4) is 0 Å². The summed E-state index contributed by atoms with van der Waals surface area (Å²) in [6, 6.07) is 5.17. The number of anilines is 1. The molecule has 0 spiro atoms. The third kappa shape index (κ3) is 3.43. The van der Waals surface area contributed by atoms with Gasteiger partial charge in [-0.2, -0.15) is 0 Å². The molecule has 2 aliphatic rings. The lowest BCUT2D eigenvalue weighted by Gasteiger charge is -2.41. The summed E-state index contributed by atoms with van der Waals surface area (Å²) < 4.78 is 5.11. The summed E-state index contributed by atoms with van der Waals surface area (Å²) >= 11 is 1.35. The van der Waals surface area contributed by atoms with E-state index in [1.165, 1.54) is 43.3 Å². The van der Waals surface area contributed by atoms with Gasteiger partial charge in [0.2, 0.25) is 0 Å². The molecule has 1 saturated heterocycles. The molecule has 2 fully saturated rings. The van der Waals surface area contributed by atoms with Gasteiger partial charge in [0, 0.05) is 13.1 Å². The highest BCUT2D eigenvalue weighted by Crippen LogP contribution is 2.37. The van der Waals surface area contributed by atoms with Gasteiger partial charge in [0.05, 0.1) is 16.1 Å². The molecule has 0 radical (unpaired) electrons. The molecule has 2 atom stereocenters. The molecule has 3 heterocycles. The molecular weight excluding hydrogens is 348 g/mol. The smallest absolute Gasteiger partial charge is 0.291 e. The highest BCUT2D eigenvalue weighted by atomic mass is 32.1. The van der Waals surface area contributed by atoms with Crippen molar-refractivity contribution in [1.29, 1.82) is 0 Å². The lowest BCUT2D eigenvalue weighted by Crippen LogP contribution is -2.44. The van der Waals surface area contributed by atoms with Crippen molar-refractivity contribution in [2.75, 3.05) is 18.4 Å². The number of likely N-dealkylation sites (tertiary alicyclic amines) is 1. The Bertz CT molecular complexity index is 796. The van der Waals surface area contributed by atoms with Crippen LogP contribution < -0.4 is 5.32 Å². The number of amides is 2. The van der Waals surface area contributed by atoms with Gasteiger partial charge < -0.3 is 14.6 Å². The van der Waals surface area contributed by atoms with E-state index in [4.69, 9.17) is 4.42 Å². The summed E-state index contributed by atoms with van der Waals surface area (Å²) in [6.45, 7) is 3.67. The summed E-state index contributed by atoms with van der Waals surface area (Å²) in [5.74, 6) is 1.55. The number of carbonyl (C=O) groups is 2. The molecule has 2 aromatic rings. The van der Waals surface area contributed by atoms with Gasteiger partial charge >= 0.3 is 0 Å². The van der Waals surface area contributed by atoms with Gasteiger partial charge in [-0.3, -0.25) is 9.59 Å². The normalized spacial score (nSPS) is 22.7. The number of carbonyl (C=O) groups excluding carboxylic acids is 2. The van der Waals surface area contributed by atoms with E-state index in [2.05, 4.69) is 5.32 Å². The van der Waals surface area contributed by atoms with Crippen LogP contribution in [0.15, 0.2) is 28.9 Å². The van der Waals surface area contributed by atoms with Crippen LogP contribution in [0.25, 0.3) is 0 Å². The molecule has 1 saturated carbocycles. The van der Waals surface area contributed by atoms with Gasteiger partial charge in [-0.05, 0) is 55.4 Å². The maximum absolute atomic E-state index is 13.0. The Morgan fingerprint density at radius 1 is 1.23 bits per heavy atom. The van der Waals surface area contributed by atoms with Crippen molar-refractivity contribution >= 4 is 28.2 Å². The number of nitrogens with zero attached hydrogens (tertiary/aromatic N) is 1. The second-order valence-corrected chi connectivity index (χ2v) is 8.45. The molecular formula is C20H24N2O3S. The molecule has 1 N–H and O–H groups in total. The van der Waals surface area contributed by atoms with E-state index in [0.29, 0.717) is 10.9 Å². The topological polar surface area (TPSA) is 62.6 Å². The number of fused-ring (bicyclic) bond motifs is 1. The molecule has 0 aromatic carbocycles. The number of furan rings is 1. The lowest BCUT2D eigenvalue weighted by atomic mass is 9.75. The summed E-state index contributed by atoms with van der Waals surface area (Å²) in [5, 5.41) is 3.50. The molecule has 138 valence electrons. The number of nitrogens with one attached hydrogen (secondary N) is 1. The summed E-state index contributed by atoms with van der Waals surface area (Å²) in [6.07, 6.45) is 7.82. The number of thiophene rings is 1. The van der Waals surface area contributed by atoms with Crippen molar-refractivity contribution in [2.45, 2.75) is 39.0 Å². The van der Waals surface area contributed by atoms with Crippen molar-refractivity contribution in [1.82, 2.24) is 4.90 Å². The first kappa shape index (κ1) is 17.3. The Kier molecular flexibility index (Phi) is 4.85. The molecule has 0 bridgehead atoms. The Balaban J connectivity index is 1.45. The summed E-state index contributed by atoms with van der Waals surface area (Å²) in [7, 11) is 0. The molecule has 1 aliphatic carbocycles. The third-order valence-corrected chi connectivity index (χ3v) is 6.81. The van der Waals surface area contributed by atoms with Crippen LogP contribution in [0.4, 0.5) is 5.00 Å². The highest BCUT2D eigenvalue weighted by Gasteiger charge is 2.34. The second-order valence-electron chi connectivity index (χ2n) is 7.40. The molecule has 26 heavy (non-hydrogen) atoms. The zero-order chi connectivity index (χ0) is 18.1. The second kappa shape index (κ2) is 7.27. The summed E-state index contributed by atoms with van der Waals surface area (Å²) in [5.41, 5.74) is 0.917. The monoisotopic (exact) mass is 372 g/mol. The van der Waals surface area contributed by atoms with Gasteiger partial charge in [-0.15, -0.1) is 11.3 Å². The number of aryl methyl sites for hydroxylation is 1. The summed E-state index contributed by atoms with van der Waals surface area (Å²) in [4.78, 5) is 27.9. The van der Waals surface area contributed by atoms with Crippen LogP contribution in [-0.4, -0.2) is 29.8 Å². The Hall–Kier alpha value is -2.08. The minimum absolute atomic E-state index is 0.107. The highest BCUT2D eigenvalue weighted by molar-refractivity contribution is 7.18. The SMILES string of the molecule is Cc1cc(NC(=O)c2ccco2)sc1C(=O)N1CC[C@H]2CCCC[C@@H]2C1. The van der Waals surface area contributed by atoms with Gasteiger partial charge in [-0.1, -0.05) is 19.3 Å². The fourth-order valence-electron chi connectivity index (χ4n) is 4.27. The number of piperidine rings is 1. The van der Waals surface area contributed by atoms with E-state index in [0.717, 1.165) is 35.9 Å². The van der Waals surface area contributed by atoms with Crippen LogP contribution in [0.5, 0.6) is 0 Å². The zero-order valence-corrected chi connectivity index (χ0v) is 15.8. The average Bonchev–Trinajstić information content (AvgIpc) is 3.30. The van der Waals surface area contributed by atoms with Gasteiger partial charge in [0.25, 0.3) is 11.8 Å². The molecule has 4 rings (SSSR count). The first-order chi connectivity index (χ1) is 12.6. The predicted octanol–water partition coefficient (Wildman–Crippen LogP) is 4.55. The van der Waals surface area contributed by atoms with Crippen LogP contribution in [0.1, 0.15) is 57.9 Å². The minimum atomic E-state index is -0.293. The van der Waals surface area contributed by atoms with Gasteiger partial charge in [0.15, 0.2) is 5.76 Å². The van der Waals surface area contributed by atoms with E-state index in [-0.39, 0.29) is 17.6 Å². The largest absolute Gasteiger partial charge is 0.459 e. The van der Waals surface area contributed by atoms with Crippen molar-refractivity contribution in [3.05, 3.63) is 40.7 Å². The van der Waals surface area contributed by atoms with Crippen LogP contribution in [-0.2, 0) is 0 Å². The Labute approximate surface area is 157 Å². The van der Waals surface area contributed by atoms with Gasteiger partial charge in [0.1, 0.15) is 0 Å². The van der Waals surface area contributed by atoms with Crippen LogP contribution in [0, 0.1) is 18.8 Å². The molecule has 2 amide bonds. The molecule has 2 aromatic heterocycles. The number of hydrogen-bond donors (Lipinski definition) is 1. The maximum Gasteiger partial charge on any atom is 0.291 e. The fraction of sp³-hybridized carbons (Fsp3) is 0.500. The van der Waals surface area contributed by atoms with E-state index in [1.807, 2.05) is 17.9 Å². The van der Waals surface area contributed by atoms with Crippen molar-refractivity contribution in [2.24, 2.45) is 11.8 Å². The molecule has 1 aliphatic heterocycles. The standard InChI is InChI=1S/C20H24N2O3S/c1-13-11-17(21-19(23)16-7-4-10-25-16)26-18(13)20(24)22-9-8-14-5-2-3-6-15(14)12-22/h4,7,10-11,14-15H,2-3,5-6,8-9,12H2,1H3,(H,21,23)/t14-,15-/m1/s1. The first-order valence-electron chi connectivity index (χ1n) is 9.36. The lowest BCUT2D eigenvalue weighted by molar-refractivity contribution is 0.0524.